The molecule has 0 saturated carbocycles. The minimum absolute atomic E-state index is 0.210. The molecule has 0 aromatic heterocycles. The van der Waals surface area contributed by atoms with Gasteiger partial charge in [0.05, 0.1) is 0 Å². The van der Waals surface area contributed by atoms with Crippen molar-refractivity contribution in [3.8, 4) is 11.5 Å². The molecule has 17 heavy (non-hydrogen) atoms. The maximum atomic E-state index is 12.7. The summed E-state index contributed by atoms with van der Waals surface area (Å²) >= 11 is 0. The molecule has 0 fully saturated rings. The molecule has 0 atom stereocenters. The van der Waals surface area contributed by atoms with Gasteiger partial charge < -0.3 is 9.84 Å². The molecular formula is C14H13FO2. The minimum Gasteiger partial charge on any atom is -0.508 e. The van der Waals surface area contributed by atoms with E-state index in [2.05, 4.69) is 0 Å². The van der Waals surface area contributed by atoms with Crippen LogP contribution in [-0.2, 0) is 6.61 Å². The minimum atomic E-state index is -0.262. The molecular weight excluding hydrogens is 219 g/mol. The van der Waals surface area contributed by atoms with E-state index in [1.807, 2.05) is 0 Å². The molecule has 2 aromatic rings. The molecule has 2 nitrogen and oxygen atoms in total. The number of aromatic hydroxyl groups is 1. The van der Waals surface area contributed by atoms with Crippen LogP contribution in [0.4, 0.5) is 4.39 Å². The number of benzene rings is 2. The van der Waals surface area contributed by atoms with Gasteiger partial charge >= 0.3 is 0 Å². The summed E-state index contributed by atoms with van der Waals surface area (Å²) < 4.78 is 18.3. The predicted octanol–water partition coefficient (Wildman–Crippen LogP) is 3.42. The van der Waals surface area contributed by atoms with Crippen LogP contribution in [0.5, 0.6) is 11.5 Å². The van der Waals surface area contributed by atoms with Gasteiger partial charge in [-0.15, -0.1) is 0 Å². The number of hydrogen-bond donors (Lipinski definition) is 1. The van der Waals surface area contributed by atoms with Crippen LogP contribution >= 0.6 is 0 Å². The van der Waals surface area contributed by atoms with E-state index in [1.54, 1.807) is 37.3 Å². The smallest absolute Gasteiger partial charge is 0.126 e. The van der Waals surface area contributed by atoms with Gasteiger partial charge in [0.2, 0.25) is 0 Å². The molecule has 0 aliphatic carbocycles. The molecule has 0 aliphatic heterocycles. The van der Waals surface area contributed by atoms with Crippen molar-refractivity contribution in [3.63, 3.8) is 0 Å². The number of phenols is 1. The molecule has 2 aromatic carbocycles. The van der Waals surface area contributed by atoms with E-state index in [0.29, 0.717) is 17.9 Å². The summed E-state index contributed by atoms with van der Waals surface area (Å²) in [5.41, 5.74) is 1.59. The van der Waals surface area contributed by atoms with Gasteiger partial charge in [-0.25, -0.2) is 4.39 Å². The van der Waals surface area contributed by atoms with Crippen molar-refractivity contribution in [2.45, 2.75) is 13.5 Å². The number of ether oxygens (including phenoxy) is 1. The van der Waals surface area contributed by atoms with Gasteiger partial charge in [0, 0.05) is 5.56 Å². The molecule has 3 heteroatoms. The van der Waals surface area contributed by atoms with E-state index in [9.17, 15) is 9.50 Å². The Hall–Kier alpha value is -2.03. The van der Waals surface area contributed by atoms with Crippen LogP contribution in [0.1, 0.15) is 11.1 Å². The lowest BCUT2D eigenvalue weighted by Crippen LogP contribution is -1.97. The van der Waals surface area contributed by atoms with E-state index in [0.717, 1.165) is 5.56 Å². The third-order valence-electron chi connectivity index (χ3n) is 2.56. The average molecular weight is 232 g/mol. The van der Waals surface area contributed by atoms with Crippen LogP contribution in [0.2, 0.25) is 0 Å². The van der Waals surface area contributed by atoms with E-state index in [4.69, 9.17) is 4.74 Å². The van der Waals surface area contributed by atoms with Gasteiger partial charge in [-0.05, 0) is 36.8 Å². The van der Waals surface area contributed by atoms with Gasteiger partial charge in [-0.2, -0.15) is 0 Å². The Labute approximate surface area is 99.3 Å². The first-order chi connectivity index (χ1) is 8.16. The molecule has 0 unspecified atom stereocenters. The van der Waals surface area contributed by atoms with E-state index < -0.39 is 0 Å². The van der Waals surface area contributed by atoms with Crippen molar-refractivity contribution in [2.75, 3.05) is 0 Å². The standard InChI is InChI=1S/C14H13FO2/c1-10-13(16)3-2-4-14(10)17-9-11-5-7-12(15)8-6-11/h2-8,16H,9H2,1H3. The maximum absolute atomic E-state index is 12.7. The van der Waals surface area contributed by atoms with Crippen LogP contribution < -0.4 is 4.74 Å². The summed E-state index contributed by atoms with van der Waals surface area (Å²) in [5, 5.41) is 9.50. The second-order valence-corrected chi connectivity index (χ2v) is 3.82. The van der Waals surface area contributed by atoms with Crippen molar-refractivity contribution >= 4 is 0 Å². The largest absolute Gasteiger partial charge is 0.508 e. The highest BCUT2D eigenvalue weighted by Crippen LogP contribution is 2.26. The highest BCUT2D eigenvalue weighted by atomic mass is 19.1. The summed E-state index contributed by atoms with van der Waals surface area (Å²) in [6.45, 7) is 2.14. The van der Waals surface area contributed by atoms with E-state index >= 15 is 0 Å². The van der Waals surface area contributed by atoms with E-state index in [1.165, 1.54) is 12.1 Å². The Morgan fingerprint density at radius 3 is 2.53 bits per heavy atom. The molecule has 2 rings (SSSR count). The van der Waals surface area contributed by atoms with Gasteiger partial charge in [0.1, 0.15) is 23.9 Å². The third-order valence-corrected chi connectivity index (χ3v) is 2.56. The quantitative estimate of drug-likeness (QED) is 0.878. The number of hydrogen-bond acceptors (Lipinski definition) is 2. The van der Waals surface area contributed by atoms with Gasteiger partial charge in [0.15, 0.2) is 0 Å². The Balaban J connectivity index is 2.07. The van der Waals surface area contributed by atoms with Crippen LogP contribution in [0.25, 0.3) is 0 Å². The highest BCUT2D eigenvalue weighted by molar-refractivity contribution is 5.42. The van der Waals surface area contributed by atoms with Crippen LogP contribution in [0.15, 0.2) is 42.5 Å². The lowest BCUT2D eigenvalue weighted by atomic mass is 10.2. The lowest BCUT2D eigenvalue weighted by molar-refractivity contribution is 0.301. The zero-order chi connectivity index (χ0) is 12.3. The van der Waals surface area contributed by atoms with Crippen LogP contribution in [0, 0.1) is 12.7 Å². The van der Waals surface area contributed by atoms with Crippen molar-refractivity contribution in [2.24, 2.45) is 0 Å². The van der Waals surface area contributed by atoms with Crippen LogP contribution in [-0.4, -0.2) is 5.11 Å². The molecule has 0 spiro atoms. The first-order valence-electron chi connectivity index (χ1n) is 5.32. The van der Waals surface area contributed by atoms with Crippen molar-refractivity contribution < 1.29 is 14.2 Å². The fourth-order valence-electron chi connectivity index (χ4n) is 1.50. The lowest BCUT2D eigenvalue weighted by Gasteiger charge is -2.09. The second-order valence-electron chi connectivity index (χ2n) is 3.82. The third kappa shape index (κ3) is 2.75. The Morgan fingerprint density at radius 2 is 1.82 bits per heavy atom. The Morgan fingerprint density at radius 1 is 1.12 bits per heavy atom. The Bertz CT molecular complexity index is 506. The summed E-state index contributed by atoms with van der Waals surface area (Å²) in [4.78, 5) is 0. The molecule has 0 amide bonds. The molecule has 0 aliphatic rings. The zero-order valence-electron chi connectivity index (χ0n) is 9.48. The fourth-order valence-corrected chi connectivity index (χ4v) is 1.50. The first kappa shape index (κ1) is 11.5. The Kier molecular flexibility index (Phi) is 3.28. The first-order valence-corrected chi connectivity index (χ1v) is 5.32. The van der Waals surface area contributed by atoms with Crippen LogP contribution in [0.3, 0.4) is 0 Å². The normalized spacial score (nSPS) is 10.2. The summed E-state index contributed by atoms with van der Waals surface area (Å²) in [7, 11) is 0. The molecule has 0 bridgehead atoms. The van der Waals surface area contributed by atoms with Gasteiger partial charge in [-0.1, -0.05) is 18.2 Å². The van der Waals surface area contributed by atoms with Gasteiger partial charge in [-0.3, -0.25) is 0 Å². The SMILES string of the molecule is Cc1c(O)cccc1OCc1ccc(F)cc1. The summed E-state index contributed by atoms with van der Waals surface area (Å²) in [6.07, 6.45) is 0. The van der Waals surface area contributed by atoms with Crippen molar-refractivity contribution in [3.05, 3.63) is 59.4 Å². The van der Waals surface area contributed by atoms with Crippen molar-refractivity contribution in [1.29, 1.82) is 0 Å². The van der Waals surface area contributed by atoms with Crippen molar-refractivity contribution in [1.82, 2.24) is 0 Å². The number of rotatable bonds is 3. The second kappa shape index (κ2) is 4.87. The van der Waals surface area contributed by atoms with Gasteiger partial charge in [0.25, 0.3) is 0 Å². The predicted molar refractivity (Wildman–Crippen MR) is 63.6 cm³/mol. The number of phenolic OH excluding ortho intramolecular Hbond substituents is 1. The highest BCUT2D eigenvalue weighted by Gasteiger charge is 2.03. The zero-order valence-corrected chi connectivity index (χ0v) is 9.48. The molecule has 0 heterocycles. The fraction of sp³-hybridized carbons (Fsp3) is 0.143. The summed E-state index contributed by atoms with van der Waals surface area (Å²) in [6, 6.07) is 11.3. The van der Waals surface area contributed by atoms with E-state index in [-0.39, 0.29) is 11.6 Å². The topological polar surface area (TPSA) is 29.5 Å². The number of halogens is 1. The summed E-state index contributed by atoms with van der Waals surface area (Å²) in [5.74, 6) is 0.582. The monoisotopic (exact) mass is 232 g/mol. The average Bonchev–Trinajstić information content (AvgIpc) is 2.33. The molecule has 88 valence electrons. The maximum Gasteiger partial charge on any atom is 0.126 e. The molecule has 1 N–H and O–H groups in total. The molecule has 0 radical (unpaired) electrons. The molecule has 0 saturated heterocycles.